The highest BCUT2D eigenvalue weighted by atomic mass is 35.5. The highest BCUT2D eigenvalue weighted by molar-refractivity contribution is 6.30. The molecule has 2 rings (SSSR count). The molecule has 0 saturated heterocycles. The van der Waals surface area contributed by atoms with Crippen LogP contribution in [0.1, 0.15) is 11.1 Å². The van der Waals surface area contributed by atoms with E-state index in [0.717, 1.165) is 5.56 Å². The van der Waals surface area contributed by atoms with Crippen LogP contribution in [-0.2, 0) is 11.3 Å². The van der Waals surface area contributed by atoms with Crippen molar-refractivity contribution in [2.75, 3.05) is 11.9 Å². The average Bonchev–Trinajstić information content (AvgIpc) is 2.50. The molecule has 21 heavy (non-hydrogen) atoms. The van der Waals surface area contributed by atoms with Crippen molar-refractivity contribution in [3.05, 3.63) is 64.7 Å². The molecule has 5 heteroatoms. The summed E-state index contributed by atoms with van der Waals surface area (Å²) >= 11 is 5.80. The van der Waals surface area contributed by atoms with Gasteiger partial charge in [0.15, 0.2) is 0 Å². The van der Waals surface area contributed by atoms with Gasteiger partial charge in [-0.2, -0.15) is 5.26 Å². The Kier molecular flexibility index (Phi) is 5.33. The lowest BCUT2D eigenvalue weighted by Crippen LogP contribution is -2.27. The quantitative estimate of drug-likeness (QED) is 0.892. The first-order chi connectivity index (χ1) is 10.2. The molecule has 0 saturated carbocycles. The lowest BCUT2D eigenvalue weighted by molar-refractivity contribution is -0.115. The lowest BCUT2D eigenvalue weighted by atomic mass is 10.2. The first-order valence-electron chi connectivity index (χ1n) is 6.42. The Hall–Kier alpha value is -2.35. The first kappa shape index (κ1) is 15.0. The minimum Gasteiger partial charge on any atom is -0.325 e. The van der Waals surface area contributed by atoms with E-state index in [1.165, 1.54) is 0 Å². The third kappa shape index (κ3) is 4.92. The third-order valence-corrected chi connectivity index (χ3v) is 3.08. The highest BCUT2D eigenvalue weighted by Crippen LogP contribution is 2.09. The van der Waals surface area contributed by atoms with Crippen LogP contribution in [0.3, 0.4) is 0 Å². The zero-order valence-electron chi connectivity index (χ0n) is 11.3. The first-order valence-corrected chi connectivity index (χ1v) is 6.80. The predicted octanol–water partition coefficient (Wildman–Crippen LogP) is 2.94. The summed E-state index contributed by atoms with van der Waals surface area (Å²) in [5, 5.41) is 15.2. The van der Waals surface area contributed by atoms with E-state index in [4.69, 9.17) is 16.9 Å². The summed E-state index contributed by atoms with van der Waals surface area (Å²) in [6.07, 6.45) is 0. The summed E-state index contributed by atoms with van der Waals surface area (Å²) in [4.78, 5) is 11.8. The molecule has 1 amide bonds. The number of hydrogen-bond donors (Lipinski definition) is 2. The molecule has 0 aromatic heterocycles. The Morgan fingerprint density at radius 1 is 1.10 bits per heavy atom. The standard InChI is InChI=1S/C16H14ClN3O/c17-14-5-1-13(2-6-14)10-19-11-16(21)20-15-7-3-12(9-18)4-8-15/h1-8,19H,10-11H2,(H,20,21). The third-order valence-electron chi connectivity index (χ3n) is 2.83. The van der Waals surface area contributed by atoms with Gasteiger partial charge in [0.1, 0.15) is 0 Å². The maximum Gasteiger partial charge on any atom is 0.238 e. The van der Waals surface area contributed by atoms with Crippen molar-refractivity contribution in [1.29, 1.82) is 5.26 Å². The van der Waals surface area contributed by atoms with E-state index in [1.54, 1.807) is 24.3 Å². The molecule has 106 valence electrons. The van der Waals surface area contributed by atoms with Crippen LogP contribution in [0.5, 0.6) is 0 Å². The molecule has 0 unspecified atom stereocenters. The second kappa shape index (κ2) is 7.44. The number of nitriles is 1. The van der Waals surface area contributed by atoms with E-state index in [1.807, 2.05) is 30.3 Å². The van der Waals surface area contributed by atoms with E-state index in [9.17, 15) is 4.79 Å². The van der Waals surface area contributed by atoms with E-state index < -0.39 is 0 Å². The van der Waals surface area contributed by atoms with Crippen molar-refractivity contribution in [1.82, 2.24) is 5.32 Å². The Bertz CT molecular complexity index is 645. The van der Waals surface area contributed by atoms with Crippen LogP contribution in [0.2, 0.25) is 5.02 Å². The molecule has 0 bridgehead atoms. The van der Waals surface area contributed by atoms with E-state index in [-0.39, 0.29) is 12.5 Å². The Morgan fingerprint density at radius 3 is 2.38 bits per heavy atom. The fraction of sp³-hybridized carbons (Fsp3) is 0.125. The topological polar surface area (TPSA) is 64.9 Å². The molecule has 0 fully saturated rings. The smallest absolute Gasteiger partial charge is 0.238 e. The van der Waals surface area contributed by atoms with Crippen LogP contribution >= 0.6 is 11.6 Å². The summed E-state index contributed by atoms with van der Waals surface area (Å²) in [6.45, 7) is 0.806. The maximum atomic E-state index is 11.8. The molecule has 0 spiro atoms. The van der Waals surface area contributed by atoms with Crippen molar-refractivity contribution in [3.8, 4) is 6.07 Å². The van der Waals surface area contributed by atoms with Crippen LogP contribution in [0.15, 0.2) is 48.5 Å². The summed E-state index contributed by atoms with van der Waals surface area (Å²) in [7, 11) is 0. The fourth-order valence-corrected chi connectivity index (χ4v) is 1.88. The number of carbonyl (C=O) groups excluding carboxylic acids is 1. The molecule has 0 aliphatic carbocycles. The van der Waals surface area contributed by atoms with Gasteiger partial charge in [-0.15, -0.1) is 0 Å². The molecule has 0 aliphatic heterocycles. The number of amides is 1. The number of carbonyl (C=O) groups is 1. The van der Waals surface area contributed by atoms with Gasteiger partial charge in [0, 0.05) is 17.3 Å². The largest absolute Gasteiger partial charge is 0.325 e. The van der Waals surface area contributed by atoms with Gasteiger partial charge in [0.25, 0.3) is 0 Å². The molecule has 2 N–H and O–H groups in total. The molecule has 0 atom stereocenters. The summed E-state index contributed by atoms with van der Waals surface area (Å²) in [5.41, 5.74) is 2.30. The van der Waals surface area contributed by atoms with Crippen molar-refractivity contribution < 1.29 is 4.79 Å². The molecule has 4 nitrogen and oxygen atoms in total. The van der Waals surface area contributed by atoms with Crippen LogP contribution < -0.4 is 10.6 Å². The second-order valence-corrected chi connectivity index (χ2v) is 4.90. The Morgan fingerprint density at radius 2 is 1.76 bits per heavy atom. The number of benzene rings is 2. The summed E-state index contributed by atoms with van der Waals surface area (Å²) < 4.78 is 0. The molecule has 0 aliphatic rings. The van der Waals surface area contributed by atoms with Gasteiger partial charge in [-0.05, 0) is 42.0 Å². The fourth-order valence-electron chi connectivity index (χ4n) is 1.76. The average molecular weight is 300 g/mol. The number of anilines is 1. The summed E-state index contributed by atoms with van der Waals surface area (Å²) in [5.74, 6) is -0.131. The van der Waals surface area contributed by atoms with Gasteiger partial charge < -0.3 is 10.6 Å². The lowest BCUT2D eigenvalue weighted by Gasteiger charge is -2.07. The predicted molar refractivity (Wildman–Crippen MR) is 82.9 cm³/mol. The number of nitrogens with zero attached hydrogens (tertiary/aromatic N) is 1. The zero-order chi connectivity index (χ0) is 15.1. The number of halogens is 1. The molecule has 0 heterocycles. The monoisotopic (exact) mass is 299 g/mol. The Balaban J connectivity index is 1.76. The second-order valence-electron chi connectivity index (χ2n) is 4.47. The van der Waals surface area contributed by atoms with Gasteiger partial charge in [-0.1, -0.05) is 23.7 Å². The van der Waals surface area contributed by atoms with Crippen molar-refractivity contribution in [2.45, 2.75) is 6.54 Å². The van der Waals surface area contributed by atoms with Crippen LogP contribution in [0.4, 0.5) is 5.69 Å². The SMILES string of the molecule is N#Cc1ccc(NC(=O)CNCc2ccc(Cl)cc2)cc1. The zero-order valence-corrected chi connectivity index (χ0v) is 12.0. The van der Waals surface area contributed by atoms with Crippen molar-refractivity contribution >= 4 is 23.2 Å². The van der Waals surface area contributed by atoms with Crippen molar-refractivity contribution in [2.24, 2.45) is 0 Å². The van der Waals surface area contributed by atoms with E-state index in [2.05, 4.69) is 10.6 Å². The number of rotatable bonds is 5. The maximum absolute atomic E-state index is 11.8. The van der Waals surface area contributed by atoms with E-state index in [0.29, 0.717) is 22.8 Å². The van der Waals surface area contributed by atoms with Crippen LogP contribution in [-0.4, -0.2) is 12.5 Å². The minimum absolute atomic E-state index is 0.131. The van der Waals surface area contributed by atoms with Crippen molar-refractivity contribution in [3.63, 3.8) is 0 Å². The molecule has 2 aromatic rings. The molecular weight excluding hydrogens is 286 g/mol. The minimum atomic E-state index is -0.131. The van der Waals surface area contributed by atoms with Gasteiger partial charge in [-0.25, -0.2) is 0 Å². The molecule has 0 radical (unpaired) electrons. The van der Waals surface area contributed by atoms with Gasteiger partial charge in [-0.3, -0.25) is 4.79 Å². The van der Waals surface area contributed by atoms with Crippen LogP contribution in [0.25, 0.3) is 0 Å². The van der Waals surface area contributed by atoms with Crippen LogP contribution in [0, 0.1) is 11.3 Å². The van der Waals surface area contributed by atoms with Gasteiger partial charge in [0.2, 0.25) is 5.91 Å². The number of hydrogen-bond acceptors (Lipinski definition) is 3. The molecular formula is C16H14ClN3O. The molecule has 2 aromatic carbocycles. The summed E-state index contributed by atoms with van der Waals surface area (Å²) in [6, 6.07) is 16.2. The normalized spacial score (nSPS) is 9.90. The van der Waals surface area contributed by atoms with Gasteiger partial charge in [0.05, 0.1) is 18.2 Å². The highest BCUT2D eigenvalue weighted by Gasteiger charge is 2.02. The Labute approximate surface area is 128 Å². The van der Waals surface area contributed by atoms with Gasteiger partial charge >= 0.3 is 0 Å². The van der Waals surface area contributed by atoms with E-state index >= 15 is 0 Å². The number of nitrogens with one attached hydrogen (secondary N) is 2.